The lowest BCUT2D eigenvalue weighted by molar-refractivity contribution is -0.137. The van der Waals surface area contributed by atoms with Crippen LogP contribution in [0.3, 0.4) is 0 Å². The normalized spacial score (nSPS) is 14.7. The first-order chi connectivity index (χ1) is 11.2. The van der Waals surface area contributed by atoms with Crippen molar-refractivity contribution in [3.05, 3.63) is 29.8 Å². The zero-order chi connectivity index (χ0) is 16.7. The van der Waals surface area contributed by atoms with E-state index in [4.69, 9.17) is 9.47 Å². The van der Waals surface area contributed by atoms with Crippen molar-refractivity contribution in [1.82, 2.24) is 9.80 Å². The van der Waals surface area contributed by atoms with Gasteiger partial charge in [-0.1, -0.05) is 19.1 Å². The average Bonchev–Trinajstić information content (AvgIpc) is 2.61. The van der Waals surface area contributed by atoms with Gasteiger partial charge < -0.3 is 19.3 Å². The maximum atomic E-state index is 12.6. The first-order valence-corrected chi connectivity index (χ1v) is 7.95. The Labute approximate surface area is 137 Å². The number of rotatable bonds is 6. The van der Waals surface area contributed by atoms with Crippen LogP contribution in [0.1, 0.15) is 23.7 Å². The summed E-state index contributed by atoms with van der Waals surface area (Å²) in [6.07, 6.45) is 0.897. The topological polar surface area (TPSA) is 59.1 Å². The molecule has 0 unspecified atom stereocenters. The van der Waals surface area contributed by atoms with Crippen molar-refractivity contribution < 1.29 is 19.1 Å². The smallest absolute Gasteiger partial charge is 0.257 e. The van der Waals surface area contributed by atoms with Gasteiger partial charge in [-0.05, 0) is 18.6 Å². The van der Waals surface area contributed by atoms with Crippen LogP contribution in [0.2, 0.25) is 0 Å². The van der Waals surface area contributed by atoms with E-state index < -0.39 is 0 Å². The number of carbonyl (C=O) groups is 2. The van der Waals surface area contributed by atoms with Gasteiger partial charge in [-0.3, -0.25) is 9.59 Å². The quantitative estimate of drug-likeness (QED) is 0.744. The first kappa shape index (κ1) is 17.3. The number of para-hydroxylation sites is 1. The summed E-state index contributed by atoms with van der Waals surface area (Å²) >= 11 is 0. The highest BCUT2D eigenvalue weighted by Gasteiger charge is 2.26. The molecule has 1 aliphatic rings. The summed E-state index contributed by atoms with van der Waals surface area (Å²) in [6.45, 7) is 4.84. The van der Waals surface area contributed by atoms with Crippen LogP contribution in [0.15, 0.2) is 24.3 Å². The van der Waals surface area contributed by atoms with Crippen LogP contribution in [0.5, 0.6) is 5.75 Å². The van der Waals surface area contributed by atoms with Gasteiger partial charge in [0.25, 0.3) is 5.91 Å². The summed E-state index contributed by atoms with van der Waals surface area (Å²) in [4.78, 5) is 28.1. The molecular formula is C17H24N2O4. The minimum atomic E-state index is -0.0585. The van der Waals surface area contributed by atoms with E-state index >= 15 is 0 Å². The third-order valence-corrected chi connectivity index (χ3v) is 3.83. The third kappa shape index (κ3) is 4.45. The zero-order valence-corrected chi connectivity index (χ0v) is 13.8. The van der Waals surface area contributed by atoms with Gasteiger partial charge in [0.15, 0.2) is 0 Å². The number of amides is 2. The van der Waals surface area contributed by atoms with E-state index in [0.717, 1.165) is 6.42 Å². The van der Waals surface area contributed by atoms with Crippen molar-refractivity contribution >= 4 is 11.8 Å². The lowest BCUT2D eigenvalue weighted by Gasteiger charge is -2.35. The third-order valence-electron chi connectivity index (χ3n) is 3.83. The molecule has 0 bridgehead atoms. The van der Waals surface area contributed by atoms with Crippen molar-refractivity contribution in [2.24, 2.45) is 0 Å². The number of piperazine rings is 1. The van der Waals surface area contributed by atoms with Gasteiger partial charge >= 0.3 is 0 Å². The number of benzene rings is 1. The maximum Gasteiger partial charge on any atom is 0.257 e. The van der Waals surface area contributed by atoms with Crippen molar-refractivity contribution in [2.75, 3.05) is 46.5 Å². The Kier molecular flexibility index (Phi) is 6.40. The molecule has 0 aromatic heterocycles. The van der Waals surface area contributed by atoms with E-state index in [1.54, 1.807) is 29.0 Å². The van der Waals surface area contributed by atoms with Gasteiger partial charge in [-0.15, -0.1) is 0 Å². The first-order valence-electron chi connectivity index (χ1n) is 7.95. The van der Waals surface area contributed by atoms with Gasteiger partial charge in [-0.25, -0.2) is 0 Å². The molecule has 23 heavy (non-hydrogen) atoms. The summed E-state index contributed by atoms with van der Waals surface area (Å²) in [7, 11) is 1.55. The molecule has 0 N–H and O–H groups in total. The van der Waals surface area contributed by atoms with Crippen molar-refractivity contribution in [1.29, 1.82) is 0 Å². The lowest BCUT2D eigenvalue weighted by atomic mass is 10.1. The van der Waals surface area contributed by atoms with E-state index in [0.29, 0.717) is 44.1 Å². The molecule has 1 fully saturated rings. The van der Waals surface area contributed by atoms with Crippen LogP contribution < -0.4 is 4.74 Å². The van der Waals surface area contributed by atoms with Gasteiger partial charge in [0, 0.05) is 32.8 Å². The number of carbonyl (C=O) groups excluding carboxylic acids is 2. The van der Waals surface area contributed by atoms with Crippen LogP contribution in [0.4, 0.5) is 0 Å². The Bertz CT molecular complexity index is 539. The highest BCUT2D eigenvalue weighted by Crippen LogP contribution is 2.20. The fourth-order valence-corrected chi connectivity index (χ4v) is 2.55. The van der Waals surface area contributed by atoms with Gasteiger partial charge in [0.2, 0.25) is 5.91 Å². The molecular weight excluding hydrogens is 296 g/mol. The minimum absolute atomic E-state index is 0.0113. The zero-order valence-electron chi connectivity index (χ0n) is 13.8. The summed E-state index contributed by atoms with van der Waals surface area (Å²) in [5, 5.41) is 0. The molecule has 1 heterocycles. The Morgan fingerprint density at radius 3 is 2.39 bits per heavy atom. The van der Waals surface area contributed by atoms with E-state index in [1.165, 1.54) is 0 Å². The molecule has 1 saturated heterocycles. The highest BCUT2D eigenvalue weighted by atomic mass is 16.5. The number of hydrogen-bond acceptors (Lipinski definition) is 4. The van der Waals surface area contributed by atoms with Gasteiger partial charge in [0.05, 0.1) is 12.7 Å². The predicted molar refractivity (Wildman–Crippen MR) is 86.6 cm³/mol. The molecule has 6 nitrogen and oxygen atoms in total. The fourth-order valence-electron chi connectivity index (χ4n) is 2.55. The second-order valence-electron chi connectivity index (χ2n) is 5.43. The van der Waals surface area contributed by atoms with Crippen molar-refractivity contribution in [3.63, 3.8) is 0 Å². The Morgan fingerprint density at radius 2 is 1.74 bits per heavy atom. The summed E-state index contributed by atoms with van der Waals surface area (Å²) in [5.41, 5.74) is 0.557. The fraction of sp³-hybridized carbons (Fsp3) is 0.529. The Balaban J connectivity index is 1.89. The SMILES string of the molecule is CCCOCC(=O)N1CCN(C(=O)c2ccccc2OC)CC1. The Hall–Kier alpha value is -2.08. The number of ether oxygens (including phenoxy) is 2. The molecule has 0 radical (unpaired) electrons. The number of hydrogen-bond donors (Lipinski definition) is 0. The molecule has 1 aliphatic heterocycles. The molecule has 1 aromatic carbocycles. The molecule has 0 atom stereocenters. The van der Waals surface area contributed by atoms with Crippen molar-refractivity contribution in [3.8, 4) is 5.75 Å². The van der Waals surface area contributed by atoms with E-state index in [1.807, 2.05) is 19.1 Å². The molecule has 0 spiro atoms. The van der Waals surface area contributed by atoms with Crippen LogP contribution in [-0.4, -0.2) is 68.1 Å². The predicted octanol–water partition coefficient (Wildman–Crippen LogP) is 1.41. The minimum Gasteiger partial charge on any atom is -0.496 e. The standard InChI is InChI=1S/C17H24N2O4/c1-3-12-23-13-16(20)18-8-10-19(11-9-18)17(21)14-6-4-5-7-15(14)22-2/h4-7H,3,8-13H2,1-2H3. The van der Waals surface area contributed by atoms with Crippen molar-refractivity contribution in [2.45, 2.75) is 13.3 Å². The Morgan fingerprint density at radius 1 is 1.09 bits per heavy atom. The molecule has 0 saturated carbocycles. The molecule has 2 amide bonds. The van der Waals surface area contributed by atoms with Crippen LogP contribution in [0, 0.1) is 0 Å². The summed E-state index contributed by atoms with van der Waals surface area (Å²) < 4.78 is 10.5. The largest absolute Gasteiger partial charge is 0.496 e. The number of nitrogens with zero attached hydrogens (tertiary/aromatic N) is 2. The maximum absolute atomic E-state index is 12.6. The van der Waals surface area contributed by atoms with Gasteiger partial charge in [0.1, 0.15) is 12.4 Å². The van der Waals surface area contributed by atoms with Crippen LogP contribution >= 0.6 is 0 Å². The van der Waals surface area contributed by atoms with Crippen LogP contribution in [0.25, 0.3) is 0 Å². The van der Waals surface area contributed by atoms with E-state index in [-0.39, 0.29) is 18.4 Å². The van der Waals surface area contributed by atoms with Gasteiger partial charge in [-0.2, -0.15) is 0 Å². The second-order valence-corrected chi connectivity index (χ2v) is 5.43. The number of methoxy groups -OCH3 is 1. The second kappa shape index (κ2) is 8.53. The monoisotopic (exact) mass is 320 g/mol. The molecule has 126 valence electrons. The van der Waals surface area contributed by atoms with E-state index in [9.17, 15) is 9.59 Å². The average molecular weight is 320 g/mol. The highest BCUT2D eigenvalue weighted by molar-refractivity contribution is 5.97. The van der Waals surface area contributed by atoms with Crippen LogP contribution in [-0.2, 0) is 9.53 Å². The molecule has 0 aliphatic carbocycles. The molecule has 6 heteroatoms. The molecule has 1 aromatic rings. The van der Waals surface area contributed by atoms with E-state index in [2.05, 4.69) is 0 Å². The summed E-state index contributed by atoms with van der Waals surface area (Å²) in [6, 6.07) is 7.19. The lowest BCUT2D eigenvalue weighted by Crippen LogP contribution is -2.51. The molecule has 2 rings (SSSR count). The summed E-state index contributed by atoms with van der Waals surface area (Å²) in [5.74, 6) is 0.503.